The minimum atomic E-state index is -0.969. The second-order valence-corrected chi connectivity index (χ2v) is 3.34. The molecule has 0 bridgehead atoms. The molecular formula is C9H7Cl2NO3. The normalized spacial score (nSPS) is 9.80. The van der Waals surface area contributed by atoms with Gasteiger partial charge in [-0.25, -0.2) is 9.78 Å². The van der Waals surface area contributed by atoms with Crippen LogP contribution in [-0.4, -0.2) is 23.3 Å². The van der Waals surface area contributed by atoms with E-state index in [9.17, 15) is 9.59 Å². The maximum Gasteiger partial charge on any atom is 0.379 e. The number of Topliss-reactive ketones (excluding diaryl/α,β-unsaturated/α-hetero) is 1. The lowest BCUT2D eigenvalue weighted by Crippen LogP contribution is -2.18. The second-order valence-electron chi connectivity index (χ2n) is 2.54. The highest BCUT2D eigenvalue weighted by atomic mass is 35.5. The van der Waals surface area contributed by atoms with Crippen LogP contribution < -0.4 is 0 Å². The molecule has 0 atom stereocenters. The number of pyridine rings is 1. The van der Waals surface area contributed by atoms with Crippen LogP contribution in [0.15, 0.2) is 12.3 Å². The van der Waals surface area contributed by atoms with Gasteiger partial charge < -0.3 is 4.74 Å². The quantitative estimate of drug-likeness (QED) is 0.356. The third-order valence-corrected chi connectivity index (χ3v) is 2.02. The average molecular weight is 248 g/mol. The highest BCUT2D eigenvalue weighted by Gasteiger charge is 2.21. The summed E-state index contributed by atoms with van der Waals surface area (Å²) in [5.74, 6) is -1.82. The Hall–Kier alpha value is -1.13. The number of hydrogen-bond acceptors (Lipinski definition) is 4. The molecule has 0 aliphatic rings. The van der Waals surface area contributed by atoms with Crippen LogP contribution in [-0.2, 0) is 9.53 Å². The molecule has 0 amide bonds. The molecule has 0 saturated carbocycles. The predicted molar refractivity (Wildman–Crippen MR) is 55.2 cm³/mol. The van der Waals surface area contributed by atoms with Gasteiger partial charge in [0.25, 0.3) is 5.78 Å². The Labute approximate surface area is 96.2 Å². The standard InChI is InChI=1S/C9H7Cl2NO3/c1-2-15-9(14)7(13)6-3-5(10)4-12-8(6)11/h3-4H,2H2,1H3. The van der Waals surface area contributed by atoms with Crippen molar-refractivity contribution in [1.82, 2.24) is 4.98 Å². The summed E-state index contributed by atoms with van der Waals surface area (Å²) in [5.41, 5.74) is -0.0531. The number of esters is 1. The zero-order chi connectivity index (χ0) is 11.4. The van der Waals surface area contributed by atoms with Crippen LogP contribution in [0, 0.1) is 0 Å². The van der Waals surface area contributed by atoms with Crippen molar-refractivity contribution in [2.45, 2.75) is 6.92 Å². The van der Waals surface area contributed by atoms with Gasteiger partial charge in [-0.05, 0) is 13.0 Å². The van der Waals surface area contributed by atoms with Gasteiger partial charge in [-0.15, -0.1) is 0 Å². The van der Waals surface area contributed by atoms with E-state index in [4.69, 9.17) is 23.2 Å². The summed E-state index contributed by atoms with van der Waals surface area (Å²) >= 11 is 11.3. The highest BCUT2D eigenvalue weighted by Crippen LogP contribution is 2.18. The molecule has 0 fully saturated rings. The largest absolute Gasteiger partial charge is 0.460 e. The van der Waals surface area contributed by atoms with E-state index < -0.39 is 11.8 Å². The lowest BCUT2D eigenvalue weighted by molar-refractivity contribution is -0.137. The molecule has 0 saturated heterocycles. The van der Waals surface area contributed by atoms with Gasteiger partial charge in [0.05, 0.1) is 17.2 Å². The summed E-state index contributed by atoms with van der Waals surface area (Å²) in [4.78, 5) is 26.2. The Bertz CT molecular complexity index is 406. The summed E-state index contributed by atoms with van der Waals surface area (Å²) < 4.78 is 4.53. The first-order valence-electron chi connectivity index (χ1n) is 4.08. The zero-order valence-electron chi connectivity index (χ0n) is 7.79. The molecule has 0 aromatic carbocycles. The van der Waals surface area contributed by atoms with E-state index in [-0.39, 0.29) is 22.3 Å². The van der Waals surface area contributed by atoms with Crippen molar-refractivity contribution in [3.8, 4) is 0 Å². The summed E-state index contributed by atoms with van der Waals surface area (Å²) in [5, 5.41) is 0.157. The van der Waals surface area contributed by atoms with Gasteiger partial charge in [-0.3, -0.25) is 4.79 Å². The number of nitrogens with zero attached hydrogens (tertiary/aromatic N) is 1. The van der Waals surface area contributed by atoms with Crippen LogP contribution in [0.25, 0.3) is 0 Å². The van der Waals surface area contributed by atoms with E-state index in [0.29, 0.717) is 0 Å². The molecule has 0 aliphatic heterocycles. The Morgan fingerprint density at radius 2 is 2.13 bits per heavy atom. The summed E-state index contributed by atoms with van der Waals surface area (Å²) in [7, 11) is 0. The van der Waals surface area contributed by atoms with E-state index >= 15 is 0 Å². The fraction of sp³-hybridized carbons (Fsp3) is 0.222. The number of hydrogen-bond donors (Lipinski definition) is 0. The molecule has 0 aliphatic carbocycles. The maximum absolute atomic E-state index is 11.5. The third kappa shape index (κ3) is 2.91. The fourth-order valence-electron chi connectivity index (χ4n) is 0.888. The molecular weight excluding hydrogens is 241 g/mol. The molecule has 0 unspecified atom stereocenters. The monoisotopic (exact) mass is 247 g/mol. The van der Waals surface area contributed by atoms with Crippen molar-refractivity contribution < 1.29 is 14.3 Å². The average Bonchev–Trinajstić information content (AvgIpc) is 2.21. The van der Waals surface area contributed by atoms with Crippen LogP contribution in [0.3, 0.4) is 0 Å². The van der Waals surface area contributed by atoms with E-state index in [1.165, 1.54) is 12.3 Å². The van der Waals surface area contributed by atoms with Gasteiger partial charge in [0.1, 0.15) is 5.15 Å². The van der Waals surface area contributed by atoms with Crippen molar-refractivity contribution in [2.24, 2.45) is 0 Å². The Morgan fingerprint density at radius 3 is 2.73 bits per heavy atom. The number of ether oxygens (including phenoxy) is 1. The van der Waals surface area contributed by atoms with Gasteiger partial charge in [0, 0.05) is 6.20 Å². The Morgan fingerprint density at radius 1 is 1.47 bits per heavy atom. The number of halogens is 2. The predicted octanol–water partition coefficient (Wildman–Crippen LogP) is 2.13. The number of aromatic nitrogens is 1. The van der Waals surface area contributed by atoms with Gasteiger partial charge in [0.15, 0.2) is 0 Å². The molecule has 15 heavy (non-hydrogen) atoms. The molecule has 6 heteroatoms. The number of carbonyl (C=O) groups is 2. The van der Waals surface area contributed by atoms with Crippen molar-refractivity contribution in [2.75, 3.05) is 6.61 Å². The molecule has 1 heterocycles. The lowest BCUT2D eigenvalue weighted by Gasteiger charge is -2.02. The smallest absolute Gasteiger partial charge is 0.379 e. The SMILES string of the molecule is CCOC(=O)C(=O)c1cc(Cl)cnc1Cl. The summed E-state index contributed by atoms with van der Waals surface area (Å²) in [6.45, 7) is 1.72. The number of rotatable bonds is 3. The van der Waals surface area contributed by atoms with Crippen molar-refractivity contribution in [1.29, 1.82) is 0 Å². The Kier molecular flexibility index (Phi) is 4.05. The first-order valence-corrected chi connectivity index (χ1v) is 4.84. The highest BCUT2D eigenvalue weighted by molar-refractivity contribution is 6.45. The fourth-order valence-corrected chi connectivity index (χ4v) is 1.24. The van der Waals surface area contributed by atoms with Crippen LogP contribution >= 0.6 is 23.2 Å². The number of ketones is 1. The molecule has 1 aromatic rings. The minimum absolute atomic E-state index is 0.0531. The van der Waals surface area contributed by atoms with Gasteiger partial charge in [-0.1, -0.05) is 23.2 Å². The molecule has 80 valence electrons. The van der Waals surface area contributed by atoms with Crippen LogP contribution in [0.5, 0.6) is 0 Å². The van der Waals surface area contributed by atoms with Crippen LogP contribution in [0.2, 0.25) is 10.2 Å². The van der Waals surface area contributed by atoms with Crippen LogP contribution in [0.4, 0.5) is 0 Å². The molecule has 0 spiro atoms. The van der Waals surface area contributed by atoms with Gasteiger partial charge in [-0.2, -0.15) is 0 Å². The van der Waals surface area contributed by atoms with Crippen molar-refractivity contribution in [3.05, 3.63) is 28.0 Å². The van der Waals surface area contributed by atoms with Gasteiger partial charge in [0.2, 0.25) is 0 Å². The molecule has 1 rings (SSSR count). The first kappa shape index (κ1) is 11.9. The molecule has 0 N–H and O–H groups in total. The third-order valence-electron chi connectivity index (χ3n) is 1.51. The van der Waals surface area contributed by atoms with E-state index in [0.717, 1.165) is 0 Å². The maximum atomic E-state index is 11.5. The lowest BCUT2D eigenvalue weighted by atomic mass is 10.2. The summed E-state index contributed by atoms with van der Waals surface area (Å²) in [6, 6.07) is 1.27. The first-order chi connectivity index (χ1) is 7.06. The topological polar surface area (TPSA) is 56.3 Å². The Balaban J connectivity index is 3.00. The van der Waals surface area contributed by atoms with E-state index in [2.05, 4.69) is 9.72 Å². The van der Waals surface area contributed by atoms with E-state index in [1.54, 1.807) is 6.92 Å². The summed E-state index contributed by atoms with van der Waals surface area (Å²) in [6.07, 6.45) is 1.28. The van der Waals surface area contributed by atoms with E-state index in [1.807, 2.05) is 0 Å². The number of carbonyl (C=O) groups excluding carboxylic acids is 2. The molecule has 1 aromatic heterocycles. The van der Waals surface area contributed by atoms with Gasteiger partial charge >= 0.3 is 5.97 Å². The van der Waals surface area contributed by atoms with Crippen LogP contribution in [0.1, 0.15) is 17.3 Å². The van der Waals surface area contributed by atoms with Crippen molar-refractivity contribution >= 4 is 35.0 Å². The minimum Gasteiger partial charge on any atom is -0.460 e. The zero-order valence-corrected chi connectivity index (χ0v) is 9.30. The second kappa shape index (κ2) is 5.09. The molecule has 0 radical (unpaired) electrons. The van der Waals surface area contributed by atoms with Crippen molar-refractivity contribution in [3.63, 3.8) is 0 Å². The molecule has 4 nitrogen and oxygen atoms in total.